The van der Waals surface area contributed by atoms with E-state index in [1.807, 2.05) is 36.4 Å². The lowest BCUT2D eigenvalue weighted by molar-refractivity contribution is 0.478. The van der Waals surface area contributed by atoms with E-state index >= 15 is 0 Å². The maximum Gasteiger partial charge on any atom is 0.139 e. The van der Waals surface area contributed by atoms with Gasteiger partial charge in [-0.1, -0.05) is 35.9 Å². The summed E-state index contributed by atoms with van der Waals surface area (Å²) in [6.07, 6.45) is 4.82. The molecule has 3 heteroatoms. The molecule has 116 valence electrons. The van der Waals surface area contributed by atoms with Gasteiger partial charge in [0.15, 0.2) is 0 Å². The largest absolute Gasteiger partial charge is 0.506 e. The lowest BCUT2D eigenvalue weighted by atomic mass is 9.89. The van der Waals surface area contributed by atoms with Crippen molar-refractivity contribution in [3.63, 3.8) is 0 Å². The Hall–Kier alpha value is -2.19. The summed E-state index contributed by atoms with van der Waals surface area (Å²) in [5.74, 6) is 0.244. The standard InChI is InChI=1S/C20H18ClNO/c21-17-7-3-4-8-18(17)22-19-11-15-9-13-5-1-2-6-14(13)10-16(15)12-20(19)23/h3-4,7-12,22-23H,1-2,5-6H2. The highest BCUT2D eigenvalue weighted by molar-refractivity contribution is 6.33. The van der Waals surface area contributed by atoms with Gasteiger partial charge in [-0.05, 0) is 71.8 Å². The van der Waals surface area contributed by atoms with Crippen LogP contribution in [0.4, 0.5) is 11.4 Å². The Morgan fingerprint density at radius 2 is 1.48 bits per heavy atom. The van der Waals surface area contributed by atoms with Crippen molar-refractivity contribution in [1.82, 2.24) is 0 Å². The number of hydrogen-bond acceptors (Lipinski definition) is 2. The van der Waals surface area contributed by atoms with E-state index in [1.165, 1.54) is 24.0 Å². The molecule has 0 saturated carbocycles. The summed E-state index contributed by atoms with van der Waals surface area (Å²) < 4.78 is 0. The fraction of sp³-hybridized carbons (Fsp3) is 0.200. The molecule has 0 radical (unpaired) electrons. The maximum atomic E-state index is 10.4. The van der Waals surface area contributed by atoms with Gasteiger partial charge in [-0.2, -0.15) is 0 Å². The highest BCUT2D eigenvalue weighted by Crippen LogP contribution is 2.36. The monoisotopic (exact) mass is 323 g/mol. The second kappa shape index (κ2) is 5.78. The van der Waals surface area contributed by atoms with E-state index in [1.54, 1.807) is 0 Å². The fourth-order valence-corrected chi connectivity index (χ4v) is 3.52. The van der Waals surface area contributed by atoms with Crippen LogP contribution in [0.25, 0.3) is 10.8 Å². The van der Waals surface area contributed by atoms with E-state index in [0.717, 1.165) is 29.3 Å². The SMILES string of the molecule is Oc1cc2cc3c(cc2cc1Nc1ccccc1Cl)CCCC3. The van der Waals surface area contributed by atoms with Crippen LogP contribution in [0.2, 0.25) is 5.02 Å². The molecule has 0 amide bonds. The molecule has 0 saturated heterocycles. The molecule has 0 unspecified atom stereocenters. The summed E-state index contributed by atoms with van der Waals surface area (Å²) in [7, 11) is 0. The van der Waals surface area contributed by atoms with E-state index in [-0.39, 0.29) is 5.75 Å². The van der Waals surface area contributed by atoms with Crippen molar-refractivity contribution in [1.29, 1.82) is 0 Å². The number of nitrogens with one attached hydrogen (secondary N) is 1. The second-order valence-electron chi connectivity index (χ2n) is 6.15. The summed E-state index contributed by atoms with van der Waals surface area (Å²) in [5, 5.41) is 16.5. The third kappa shape index (κ3) is 2.75. The Morgan fingerprint density at radius 1 is 0.826 bits per heavy atom. The Balaban J connectivity index is 1.78. The first-order valence-electron chi connectivity index (χ1n) is 8.01. The van der Waals surface area contributed by atoms with Crippen molar-refractivity contribution in [3.05, 3.63) is 64.7 Å². The average molecular weight is 324 g/mol. The van der Waals surface area contributed by atoms with Gasteiger partial charge in [0, 0.05) is 0 Å². The first-order chi connectivity index (χ1) is 11.2. The van der Waals surface area contributed by atoms with Gasteiger partial charge in [-0.25, -0.2) is 0 Å². The molecule has 0 bridgehead atoms. The average Bonchev–Trinajstić information content (AvgIpc) is 2.56. The lowest BCUT2D eigenvalue weighted by Crippen LogP contribution is -2.02. The Morgan fingerprint density at radius 3 is 2.17 bits per heavy atom. The minimum Gasteiger partial charge on any atom is -0.506 e. The topological polar surface area (TPSA) is 32.3 Å². The van der Waals surface area contributed by atoms with Gasteiger partial charge in [-0.3, -0.25) is 0 Å². The van der Waals surface area contributed by atoms with Crippen molar-refractivity contribution in [2.75, 3.05) is 5.32 Å². The van der Waals surface area contributed by atoms with Crippen LogP contribution in [-0.2, 0) is 12.8 Å². The van der Waals surface area contributed by atoms with Crippen LogP contribution >= 0.6 is 11.6 Å². The van der Waals surface area contributed by atoms with E-state index < -0.39 is 0 Å². The summed E-state index contributed by atoms with van der Waals surface area (Å²) in [6.45, 7) is 0. The highest BCUT2D eigenvalue weighted by Gasteiger charge is 2.12. The normalized spacial score (nSPS) is 13.8. The summed E-state index contributed by atoms with van der Waals surface area (Å²) >= 11 is 6.20. The molecular formula is C20H18ClNO. The molecule has 3 aromatic rings. The number of phenols is 1. The maximum absolute atomic E-state index is 10.4. The van der Waals surface area contributed by atoms with Crippen LogP contribution in [0.15, 0.2) is 48.5 Å². The minimum absolute atomic E-state index is 0.244. The van der Waals surface area contributed by atoms with E-state index in [2.05, 4.69) is 17.4 Å². The molecule has 0 heterocycles. The van der Waals surface area contributed by atoms with Gasteiger partial charge >= 0.3 is 0 Å². The summed E-state index contributed by atoms with van der Waals surface area (Å²) in [6, 6.07) is 15.9. The van der Waals surface area contributed by atoms with Gasteiger partial charge in [0.2, 0.25) is 0 Å². The quantitative estimate of drug-likeness (QED) is 0.582. The highest BCUT2D eigenvalue weighted by atomic mass is 35.5. The van der Waals surface area contributed by atoms with Crippen LogP contribution in [0.5, 0.6) is 5.75 Å². The van der Waals surface area contributed by atoms with Gasteiger partial charge < -0.3 is 10.4 Å². The minimum atomic E-state index is 0.244. The zero-order chi connectivity index (χ0) is 15.8. The van der Waals surface area contributed by atoms with Crippen molar-refractivity contribution in [2.24, 2.45) is 0 Å². The predicted molar refractivity (Wildman–Crippen MR) is 97.0 cm³/mol. The zero-order valence-corrected chi connectivity index (χ0v) is 13.5. The predicted octanol–water partition coefficient (Wildman–Crippen LogP) is 5.82. The Kier molecular flexibility index (Phi) is 3.62. The first kappa shape index (κ1) is 14.4. The number of aromatic hydroxyl groups is 1. The van der Waals surface area contributed by atoms with Gasteiger partial charge in [0.1, 0.15) is 5.75 Å². The third-order valence-corrected chi connectivity index (χ3v) is 4.89. The number of aryl methyl sites for hydroxylation is 2. The number of benzene rings is 3. The second-order valence-corrected chi connectivity index (χ2v) is 6.56. The molecular weight excluding hydrogens is 306 g/mol. The number of halogens is 1. The number of para-hydroxylation sites is 1. The number of anilines is 2. The van der Waals surface area contributed by atoms with Gasteiger partial charge in [0.25, 0.3) is 0 Å². The van der Waals surface area contributed by atoms with Gasteiger partial charge in [-0.15, -0.1) is 0 Å². The fourth-order valence-electron chi connectivity index (χ4n) is 3.34. The molecule has 4 rings (SSSR count). The zero-order valence-electron chi connectivity index (χ0n) is 12.8. The van der Waals surface area contributed by atoms with Crippen LogP contribution in [0.3, 0.4) is 0 Å². The molecule has 0 atom stereocenters. The molecule has 0 fully saturated rings. The molecule has 0 aromatic heterocycles. The van der Waals surface area contributed by atoms with Crippen molar-refractivity contribution >= 4 is 33.7 Å². The molecule has 3 aromatic carbocycles. The lowest BCUT2D eigenvalue weighted by Gasteiger charge is -2.17. The molecule has 23 heavy (non-hydrogen) atoms. The third-order valence-electron chi connectivity index (χ3n) is 4.56. The number of rotatable bonds is 2. The number of fused-ring (bicyclic) bond motifs is 2. The van der Waals surface area contributed by atoms with Crippen molar-refractivity contribution < 1.29 is 5.11 Å². The van der Waals surface area contributed by atoms with E-state index in [4.69, 9.17) is 11.6 Å². The van der Waals surface area contributed by atoms with Crippen LogP contribution in [-0.4, -0.2) is 5.11 Å². The van der Waals surface area contributed by atoms with Crippen molar-refractivity contribution in [3.8, 4) is 5.75 Å². The van der Waals surface area contributed by atoms with Gasteiger partial charge in [0.05, 0.1) is 16.4 Å². The number of phenolic OH excluding ortho intramolecular Hbond substituents is 1. The first-order valence-corrected chi connectivity index (χ1v) is 8.38. The Labute approximate surface area is 140 Å². The molecule has 2 nitrogen and oxygen atoms in total. The molecule has 0 spiro atoms. The Bertz CT molecular complexity index is 888. The van der Waals surface area contributed by atoms with E-state index in [0.29, 0.717) is 10.7 Å². The van der Waals surface area contributed by atoms with Crippen molar-refractivity contribution in [2.45, 2.75) is 25.7 Å². The smallest absolute Gasteiger partial charge is 0.139 e. The van der Waals surface area contributed by atoms with Crippen LogP contribution < -0.4 is 5.32 Å². The molecule has 2 N–H and O–H groups in total. The van der Waals surface area contributed by atoms with E-state index in [9.17, 15) is 5.11 Å². The summed E-state index contributed by atoms with van der Waals surface area (Å²) in [5.41, 5.74) is 4.34. The van der Waals surface area contributed by atoms with Crippen LogP contribution in [0.1, 0.15) is 24.0 Å². The van der Waals surface area contributed by atoms with Crippen LogP contribution in [0, 0.1) is 0 Å². The molecule has 1 aliphatic rings. The number of hydrogen-bond donors (Lipinski definition) is 2. The summed E-state index contributed by atoms with van der Waals surface area (Å²) in [4.78, 5) is 0. The molecule has 0 aliphatic heterocycles. The molecule has 1 aliphatic carbocycles.